The summed E-state index contributed by atoms with van der Waals surface area (Å²) in [5, 5.41) is 11.3. The Hall–Kier alpha value is -1.64. The fourth-order valence-corrected chi connectivity index (χ4v) is 4.99. The highest BCUT2D eigenvalue weighted by molar-refractivity contribution is 5.48. The van der Waals surface area contributed by atoms with E-state index >= 15 is 0 Å². The number of benzene rings is 1. The molecule has 3 aliphatic carbocycles. The first-order chi connectivity index (χ1) is 9.43. The zero-order chi connectivity index (χ0) is 12.4. The fourth-order valence-electron chi connectivity index (χ4n) is 4.99. The second-order valence-corrected chi connectivity index (χ2v) is 6.33. The number of allylic oxidation sites excluding steroid dienone is 2. The number of para-hydroxylation sites is 1. The molecule has 6 atom stereocenters. The van der Waals surface area contributed by atoms with Gasteiger partial charge in [-0.25, -0.2) is 5.01 Å². The minimum absolute atomic E-state index is 0.450. The van der Waals surface area contributed by atoms with E-state index in [9.17, 15) is 0 Å². The zero-order valence-electron chi connectivity index (χ0n) is 10.8. The average molecular weight is 251 g/mol. The zero-order valence-corrected chi connectivity index (χ0v) is 10.8. The number of nitrogens with zero attached hydrogens (tertiary/aromatic N) is 3. The number of fused-ring (bicyclic) bond motifs is 8. The van der Waals surface area contributed by atoms with Gasteiger partial charge in [0.05, 0.1) is 17.8 Å². The molecule has 0 N–H and O–H groups in total. The lowest BCUT2D eigenvalue weighted by molar-refractivity contribution is 0.238. The monoisotopic (exact) mass is 251 g/mol. The van der Waals surface area contributed by atoms with Crippen molar-refractivity contribution >= 4 is 5.69 Å². The van der Waals surface area contributed by atoms with Gasteiger partial charge in [-0.1, -0.05) is 35.6 Å². The molecule has 0 aromatic heterocycles. The van der Waals surface area contributed by atoms with Crippen LogP contribution in [0.2, 0.25) is 0 Å². The van der Waals surface area contributed by atoms with Crippen molar-refractivity contribution in [2.75, 3.05) is 5.01 Å². The molecule has 1 aromatic carbocycles. The first-order valence-corrected chi connectivity index (χ1v) is 7.35. The second-order valence-electron chi connectivity index (χ2n) is 6.33. The van der Waals surface area contributed by atoms with Gasteiger partial charge in [-0.2, -0.15) is 5.11 Å². The maximum atomic E-state index is 4.62. The quantitative estimate of drug-likeness (QED) is 0.702. The fraction of sp³-hybridized carbons (Fsp3) is 0.500. The molecule has 3 nitrogen and oxygen atoms in total. The van der Waals surface area contributed by atoms with Crippen molar-refractivity contribution in [2.24, 2.45) is 34.0 Å². The molecule has 0 unspecified atom stereocenters. The molecule has 2 fully saturated rings. The Bertz CT molecular complexity index is 565. The molecule has 1 aliphatic heterocycles. The number of rotatable bonds is 1. The molecule has 0 saturated heterocycles. The molecule has 0 radical (unpaired) electrons. The van der Waals surface area contributed by atoms with Gasteiger partial charge in [-0.15, -0.1) is 0 Å². The largest absolute Gasteiger partial charge is 0.242 e. The topological polar surface area (TPSA) is 28.0 Å². The molecular weight excluding hydrogens is 234 g/mol. The Morgan fingerprint density at radius 2 is 1.95 bits per heavy atom. The molecule has 2 saturated carbocycles. The standard InChI is InChI=1S/C16H17N3/c1-2-5-10(6-3-1)19-16-14-9-13(15(16)17-18-19)11-7-4-8-12(11)14/h1-6,8,11-16H,7,9H2/t11-,12+,13-,14-,15+,16+/m0/s1. The van der Waals surface area contributed by atoms with E-state index in [2.05, 4.69) is 57.8 Å². The van der Waals surface area contributed by atoms with Crippen LogP contribution in [0.5, 0.6) is 0 Å². The van der Waals surface area contributed by atoms with E-state index in [1.54, 1.807) is 0 Å². The van der Waals surface area contributed by atoms with Crippen molar-refractivity contribution in [2.45, 2.75) is 24.9 Å². The third-order valence-electron chi connectivity index (χ3n) is 5.66. The van der Waals surface area contributed by atoms with Crippen molar-refractivity contribution in [1.82, 2.24) is 0 Å². The van der Waals surface area contributed by atoms with Crippen molar-refractivity contribution in [1.29, 1.82) is 0 Å². The molecule has 1 heterocycles. The Labute approximate surface area is 113 Å². The van der Waals surface area contributed by atoms with E-state index in [1.165, 1.54) is 18.5 Å². The minimum atomic E-state index is 0.450. The van der Waals surface area contributed by atoms with E-state index in [-0.39, 0.29) is 0 Å². The van der Waals surface area contributed by atoms with Crippen LogP contribution in [-0.4, -0.2) is 12.1 Å². The molecule has 3 heteroatoms. The van der Waals surface area contributed by atoms with Gasteiger partial charge in [0.2, 0.25) is 0 Å². The summed E-state index contributed by atoms with van der Waals surface area (Å²) in [4.78, 5) is 0. The maximum absolute atomic E-state index is 4.62. The SMILES string of the molecule is C1=C[C@@H]2[C@H](C1)[C@@H]1C[C@@H]2[C@@H]2[C@@H]1N=NN2c1ccccc1. The van der Waals surface area contributed by atoms with Crippen LogP contribution in [0.4, 0.5) is 5.69 Å². The molecule has 0 amide bonds. The van der Waals surface area contributed by atoms with Crippen LogP contribution >= 0.6 is 0 Å². The Morgan fingerprint density at radius 1 is 1.05 bits per heavy atom. The predicted octanol–water partition coefficient (Wildman–Crippen LogP) is 3.45. The summed E-state index contributed by atoms with van der Waals surface area (Å²) in [6, 6.07) is 11.5. The van der Waals surface area contributed by atoms with Gasteiger partial charge in [0, 0.05) is 0 Å². The maximum Gasteiger partial charge on any atom is 0.0988 e. The molecule has 96 valence electrons. The van der Waals surface area contributed by atoms with Crippen LogP contribution < -0.4 is 5.01 Å². The van der Waals surface area contributed by atoms with Crippen molar-refractivity contribution in [3.05, 3.63) is 42.5 Å². The minimum Gasteiger partial charge on any atom is -0.242 e. The van der Waals surface area contributed by atoms with Crippen LogP contribution in [0, 0.1) is 23.7 Å². The second kappa shape index (κ2) is 3.47. The summed E-state index contributed by atoms with van der Waals surface area (Å²) in [5.74, 6) is 3.18. The third kappa shape index (κ3) is 1.18. The van der Waals surface area contributed by atoms with Gasteiger partial charge in [-0.05, 0) is 48.6 Å². The van der Waals surface area contributed by atoms with E-state index in [0.717, 1.165) is 23.7 Å². The molecular formula is C16H17N3. The summed E-state index contributed by atoms with van der Waals surface area (Å²) in [6.45, 7) is 0. The lowest BCUT2D eigenvalue weighted by Crippen LogP contribution is -2.44. The lowest BCUT2D eigenvalue weighted by atomic mass is 9.76. The van der Waals surface area contributed by atoms with Crippen LogP contribution in [0.15, 0.2) is 52.8 Å². The van der Waals surface area contributed by atoms with E-state index in [1.807, 2.05) is 0 Å². The van der Waals surface area contributed by atoms with Crippen molar-refractivity contribution in [3.63, 3.8) is 0 Å². The number of anilines is 1. The van der Waals surface area contributed by atoms with Crippen LogP contribution in [0.3, 0.4) is 0 Å². The van der Waals surface area contributed by atoms with Gasteiger partial charge in [-0.3, -0.25) is 0 Å². The molecule has 0 spiro atoms. The van der Waals surface area contributed by atoms with Crippen molar-refractivity contribution in [3.8, 4) is 0 Å². The number of hydrogen-bond acceptors (Lipinski definition) is 3. The molecule has 19 heavy (non-hydrogen) atoms. The van der Waals surface area contributed by atoms with Crippen LogP contribution in [0.1, 0.15) is 12.8 Å². The average Bonchev–Trinajstić information content (AvgIpc) is 3.17. The summed E-state index contributed by atoms with van der Waals surface area (Å²) in [5.41, 5.74) is 1.20. The van der Waals surface area contributed by atoms with E-state index in [0.29, 0.717) is 12.1 Å². The Balaban J connectivity index is 1.53. The highest BCUT2D eigenvalue weighted by atomic mass is 15.6. The predicted molar refractivity (Wildman–Crippen MR) is 73.7 cm³/mol. The Kier molecular flexibility index (Phi) is 1.86. The number of hydrogen-bond donors (Lipinski definition) is 0. The summed E-state index contributed by atoms with van der Waals surface area (Å²) < 4.78 is 0. The van der Waals surface area contributed by atoms with E-state index < -0.39 is 0 Å². The molecule has 4 aliphatic rings. The van der Waals surface area contributed by atoms with Gasteiger partial charge in [0.15, 0.2) is 0 Å². The van der Waals surface area contributed by atoms with Gasteiger partial charge < -0.3 is 0 Å². The Morgan fingerprint density at radius 3 is 2.84 bits per heavy atom. The van der Waals surface area contributed by atoms with Crippen LogP contribution in [-0.2, 0) is 0 Å². The first kappa shape index (κ1) is 10.2. The molecule has 1 aromatic rings. The summed E-state index contributed by atoms with van der Waals surface area (Å²) in [6.07, 6.45) is 7.49. The van der Waals surface area contributed by atoms with Gasteiger partial charge >= 0.3 is 0 Å². The van der Waals surface area contributed by atoms with Crippen molar-refractivity contribution < 1.29 is 0 Å². The van der Waals surface area contributed by atoms with Gasteiger partial charge in [0.25, 0.3) is 0 Å². The normalized spacial score (nSPS) is 44.9. The highest BCUT2D eigenvalue weighted by Crippen LogP contribution is 2.60. The molecule has 5 rings (SSSR count). The highest BCUT2D eigenvalue weighted by Gasteiger charge is 2.61. The lowest BCUT2D eigenvalue weighted by Gasteiger charge is -2.35. The van der Waals surface area contributed by atoms with Gasteiger partial charge in [0.1, 0.15) is 0 Å². The van der Waals surface area contributed by atoms with Crippen LogP contribution in [0.25, 0.3) is 0 Å². The molecule has 2 bridgehead atoms. The van der Waals surface area contributed by atoms with E-state index in [4.69, 9.17) is 0 Å². The first-order valence-electron chi connectivity index (χ1n) is 7.35. The smallest absolute Gasteiger partial charge is 0.0988 e. The summed E-state index contributed by atoms with van der Waals surface area (Å²) in [7, 11) is 0. The third-order valence-corrected chi connectivity index (χ3v) is 5.66. The summed E-state index contributed by atoms with van der Waals surface area (Å²) >= 11 is 0.